The van der Waals surface area contributed by atoms with E-state index in [4.69, 9.17) is 11.6 Å². The Morgan fingerprint density at radius 3 is 2.40 bits per heavy atom. The number of rotatable bonds is 5. The first kappa shape index (κ1) is 25.1. The molecule has 0 bridgehead atoms. The van der Waals surface area contributed by atoms with Gasteiger partial charge in [0.2, 0.25) is 5.91 Å². The van der Waals surface area contributed by atoms with Gasteiger partial charge in [-0.25, -0.2) is 17.8 Å². The molecule has 0 spiro atoms. The van der Waals surface area contributed by atoms with Crippen LogP contribution in [0.3, 0.4) is 0 Å². The molecule has 13 heteroatoms. The summed E-state index contributed by atoms with van der Waals surface area (Å²) in [6, 6.07) is 8.13. The van der Waals surface area contributed by atoms with E-state index >= 15 is 0 Å². The van der Waals surface area contributed by atoms with Gasteiger partial charge in [0.1, 0.15) is 5.82 Å². The van der Waals surface area contributed by atoms with Crippen molar-refractivity contribution in [3.05, 3.63) is 77.0 Å². The van der Waals surface area contributed by atoms with Gasteiger partial charge in [-0.1, -0.05) is 23.7 Å². The van der Waals surface area contributed by atoms with Crippen molar-refractivity contribution in [1.29, 1.82) is 0 Å². The predicted octanol–water partition coefficient (Wildman–Crippen LogP) is 4.27. The fourth-order valence-electron chi connectivity index (χ4n) is 3.99. The number of aryl methyl sites for hydroxylation is 1. The number of benzene rings is 2. The third-order valence-corrected chi connectivity index (χ3v) is 7.78. The topological polar surface area (TPSA) is 84.3 Å². The lowest BCUT2D eigenvalue weighted by molar-refractivity contribution is -0.137. The number of amides is 1. The van der Waals surface area contributed by atoms with Gasteiger partial charge < -0.3 is 9.88 Å². The minimum atomic E-state index is -4.65. The monoisotopic (exact) mass is 530 g/mol. The first-order valence-corrected chi connectivity index (χ1v) is 12.1. The second-order valence-electron chi connectivity index (χ2n) is 8.15. The van der Waals surface area contributed by atoms with Crippen molar-refractivity contribution >= 4 is 33.2 Å². The standard InChI is InChI=1S/C22H19ClF4N4O3S/c1-30-11-20(28-12-30)35(33,34)31-9-16(13-2-4-14(24)5-3-13)17(10-31)21(32)29-15-6-7-18(19(23)8-15)22(25,26)27/h2-8,11-12,16-17H,9-10H2,1H3,(H,29,32)/t16-,17+/m1/s1. The molecule has 4 rings (SSSR count). The number of sulfonamides is 1. The quantitative estimate of drug-likeness (QED) is 0.499. The van der Waals surface area contributed by atoms with Crippen LogP contribution < -0.4 is 5.32 Å². The molecule has 0 saturated carbocycles. The first-order chi connectivity index (χ1) is 16.4. The summed E-state index contributed by atoms with van der Waals surface area (Å²) in [4.78, 5) is 17.1. The van der Waals surface area contributed by atoms with E-state index < -0.39 is 50.3 Å². The molecule has 1 aromatic heterocycles. The van der Waals surface area contributed by atoms with Gasteiger partial charge in [-0.15, -0.1) is 0 Å². The molecule has 1 aliphatic heterocycles. The number of hydrogen-bond donors (Lipinski definition) is 1. The van der Waals surface area contributed by atoms with Crippen LogP contribution in [0.15, 0.2) is 60.0 Å². The third kappa shape index (κ3) is 5.19. The van der Waals surface area contributed by atoms with Gasteiger partial charge in [-0.2, -0.15) is 17.5 Å². The molecule has 0 aliphatic carbocycles. The fraction of sp³-hybridized carbons (Fsp3) is 0.273. The second kappa shape index (κ2) is 9.25. The number of anilines is 1. The summed E-state index contributed by atoms with van der Waals surface area (Å²) in [5, 5.41) is 1.75. The van der Waals surface area contributed by atoms with Gasteiger partial charge >= 0.3 is 6.18 Å². The maximum Gasteiger partial charge on any atom is 0.417 e. The van der Waals surface area contributed by atoms with Gasteiger partial charge in [0.15, 0.2) is 5.03 Å². The minimum Gasteiger partial charge on any atom is -0.339 e. The molecule has 0 radical (unpaired) electrons. The summed E-state index contributed by atoms with van der Waals surface area (Å²) < 4.78 is 81.2. The molecule has 1 saturated heterocycles. The van der Waals surface area contributed by atoms with Gasteiger partial charge in [0.25, 0.3) is 10.0 Å². The molecule has 1 N–H and O–H groups in total. The number of alkyl halides is 3. The molecule has 2 atom stereocenters. The highest BCUT2D eigenvalue weighted by Gasteiger charge is 2.44. The maximum absolute atomic E-state index is 13.5. The molecule has 7 nitrogen and oxygen atoms in total. The third-order valence-electron chi connectivity index (χ3n) is 5.75. The van der Waals surface area contributed by atoms with Crippen LogP contribution in [0.1, 0.15) is 17.0 Å². The Morgan fingerprint density at radius 2 is 1.83 bits per heavy atom. The lowest BCUT2D eigenvalue weighted by atomic mass is 9.88. The number of hydrogen-bond acceptors (Lipinski definition) is 4. The highest BCUT2D eigenvalue weighted by atomic mass is 35.5. The molecule has 2 heterocycles. The van der Waals surface area contributed by atoms with E-state index in [-0.39, 0.29) is 23.8 Å². The van der Waals surface area contributed by atoms with Crippen LogP contribution in [0.25, 0.3) is 0 Å². The van der Waals surface area contributed by atoms with Crippen LogP contribution >= 0.6 is 11.6 Å². The Labute approximate surface area is 203 Å². The van der Waals surface area contributed by atoms with Crippen LogP contribution in [0.2, 0.25) is 5.02 Å². The Kier molecular flexibility index (Phi) is 6.64. The zero-order valence-corrected chi connectivity index (χ0v) is 19.7. The normalized spacial score (nSPS) is 19.1. The zero-order valence-electron chi connectivity index (χ0n) is 18.1. The second-order valence-corrected chi connectivity index (χ2v) is 10.4. The predicted molar refractivity (Wildman–Crippen MR) is 120 cm³/mol. The summed E-state index contributed by atoms with van der Waals surface area (Å²) in [7, 11) is -2.42. The van der Waals surface area contributed by atoms with Crippen LogP contribution in [-0.2, 0) is 28.0 Å². The molecule has 35 heavy (non-hydrogen) atoms. The Morgan fingerprint density at radius 1 is 1.14 bits per heavy atom. The molecular formula is C22H19ClF4N4O3S. The molecule has 1 amide bonds. The van der Waals surface area contributed by atoms with Crippen LogP contribution in [-0.4, -0.2) is 41.3 Å². The number of aromatic nitrogens is 2. The minimum absolute atomic E-state index is 0.0249. The first-order valence-electron chi connectivity index (χ1n) is 10.3. The number of carbonyl (C=O) groups is 1. The van der Waals surface area contributed by atoms with E-state index in [0.29, 0.717) is 5.56 Å². The molecule has 0 unspecified atom stereocenters. The van der Waals surface area contributed by atoms with Crippen LogP contribution in [0.4, 0.5) is 23.2 Å². The average molecular weight is 531 g/mol. The Hall–Kier alpha value is -2.96. The van der Waals surface area contributed by atoms with Crippen molar-refractivity contribution in [2.75, 3.05) is 18.4 Å². The highest BCUT2D eigenvalue weighted by Crippen LogP contribution is 2.38. The van der Waals surface area contributed by atoms with Gasteiger partial charge in [-0.3, -0.25) is 4.79 Å². The largest absolute Gasteiger partial charge is 0.417 e. The highest BCUT2D eigenvalue weighted by molar-refractivity contribution is 7.89. The van der Waals surface area contributed by atoms with Gasteiger partial charge in [0, 0.05) is 37.9 Å². The Bertz CT molecular complexity index is 1360. The number of halogens is 5. The lowest BCUT2D eigenvalue weighted by Crippen LogP contribution is -2.32. The van der Waals surface area contributed by atoms with Crippen molar-refractivity contribution < 1.29 is 30.8 Å². The van der Waals surface area contributed by atoms with E-state index in [1.54, 1.807) is 7.05 Å². The molecule has 1 aliphatic rings. The van der Waals surface area contributed by atoms with E-state index in [2.05, 4.69) is 10.3 Å². The zero-order chi connectivity index (χ0) is 25.5. The van der Waals surface area contributed by atoms with Crippen LogP contribution in [0, 0.1) is 11.7 Å². The van der Waals surface area contributed by atoms with Crippen molar-refractivity contribution in [3.8, 4) is 0 Å². The molecular weight excluding hydrogens is 512 g/mol. The average Bonchev–Trinajstić information content (AvgIpc) is 3.41. The summed E-state index contributed by atoms with van der Waals surface area (Å²) in [6.45, 7) is -0.280. The lowest BCUT2D eigenvalue weighted by Gasteiger charge is -2.19. The summed E-state index contributed by atoms with van der Waals surface area (Å²) in [6.07, 6.45) is -1.99. The Balaban J connectivity index is 1.63. The maximum atomic E-state index is 13.5. The van der Waals surface area contributed by atoms with Crippen molar-refractivity contribution in [2.24, 2.45) is 13.0 Å². The molecule has 3 aromatic rings. The molecule has 186 valence electrons. The van der Waals surface area contributed by atoms with Crippen molar-refractivity contribution in [2.45, 2.75) is 17.1 Å². The molecule has 2 aromatic carbocycles. The molecule has 1 fully saturated rings. The smallest absolute Gasteiger partial charge is 0.339 e. The van der Waals surface area contributed by atoms with E-state index in [0.717, 1.165) is 22.5 Å². The van der Waals surface area contributed by atoms with Crippen LogP contribution in [0.5, 0.6) is 0 Å². The number of carbonyl (C=O) groups excluding carboxylic acids is 1. The number of nitrogens with zero attached hydrogens (tertiary/aromatic N) is 3. The summed E-state index contributed by atoms with van der Waals surface area (Å²) in [5.74, 6) is -2.67. The number of imidazole rings is 1. The fourth-order valence-corrected chi connectivity index (χ4v) is 5.74. The van der Waals surface area contributed by atoms with E-state index in [1.807, 2.05) is 0 Å². The number of nitrogens with one attached hydrogen (secondary N) is 1. The van der Waals surface area contributed by atoms with Gasteiger partial charge in [-0.05, 0) is 35.9 Å². The summed E-state index contributed by atoms with van der Waals surface area (Å²) in [5.41, 5.74) is -0.484. The summed E-state index contributed by atoms with van der Waals surface area (Å²) >= 11 is 5.75. The van der Waals surface area contributed by atoms with Gasteiger partial charge in [0.05, 0.1) is 22.8 Å². The van der Waals surface area contributed by atoms with E-state index in [9.17, 15) is 30.8 Å². The SMILES string of the molecule is Cn1cnc(S(=O)(=O)N2C[C@H](C(=O)Nc3ccc(C(F)(F)F)c(Cl)c3)[C@@H](c3ccc(F)cc3)C2)c1. The van der Waals surface area contributed by atoms with Crippen molar-refractivity contribution in [1.82, 2.24) is 13.9 Å². The van der Waals surface area contributed by atoms with E-state index in [1.165, 1.54) is 41.4 Å². The van der Waals surface area contributed by atoms with Crippen molar-refractivity contribution in [3.63, 3.8) is 0 Å².